The monoisotopic (exact) mass is 399 g/mol. The SMILES string of the molecule is Cc1ccc(C(=O)N2CCC(Cn3ccc4cc(-c5cn[nH]c5)ncc43)CC2)cc1. The van der Waals surface area contributed by atoms with Crippen LogP contribution in [0, 0.1) is 12.8 Å². The van der Waals surface area contributed by atoms with E-state index in [1.54, 1.807) is 6.20 Å². The second-order valence-electron chi connectivity index (χ2n) is 8.19. The van der Waals surface area contributed by atoms with Crippen molar-refractivity contribution < 1.29 is 4.79 Å². The second-order valence-corrected chi connectivity index (χ2v) is 8.19. The number of nitrogens with one attached hydrogen (secondary N) is 1. The molecule has 1 N–H and O–H groups in total. The largest absolute Gasteiger partial charge is 0.346 e. The molecule has 30 heavy (non-hydrogen) atoms. The lowest BCUT2D eigenvalue weighted by molar-refractivity contribution is 0.0683. The number of carbonyl (C=O) groups is 1. The zero-order valence-corrected chi connectivity index (χ0v) is 17.1. The minimum absolute atomic E-state index is 0.149. The van der Waals surface area contributed by atoms with Gasteiger partial charge >= 0.3 is 0 Å². The maximum atomic E-state index is 12.7. The second kappa shape index (κ2) is 7.78. The summed E-state index contributed by atoms with van der Waals surface area (Å²) in [5, 5.41) is 8.03. The molecular formula is C24H25N5O. The van der Waals surface area contributed by atoms with Crippen LogP contribution in [0.3, 0.4) is 0 Å². The summed E-state index contributed by atoms with van der Waals surface area (Å²) in [5.74, 6) is 0.715. The Hall–Kier alpha value is -3.41. The van der Waals surface area contributed by atoms with Crippen LogP contribution in [-0.4, -0.2) is 43.6 Å². The lowest BCUT2D eigenvalue weighted by atomic mass is 9.96. The molecule has 6 heteroatoms. The third-order valence-corrected chi connectivity index (χ3v) is 6.11. The van der Waals surface area contributed by atoms with Gasteiger partial charge < -0.3 is 9.47 Å². The van der Waals surface area contributed by atoms with Crippen molar-refractivity contribution in [3.63, 3.8) is 0 Å². The fourth-order valence-electron chi connectivity index (χ4n) is 4.27. The van der Waals surface area contributed by atoms with Crippen molar-refractivity contribution >= 4 is 16.8 Å². The summed E-state index contributed by atoms with van der Waals surface area (Å²) in [6.07, 6.45) is 9.80. The molecule has 1 fully saturated rings. The van der Waals surface area contributed by atoms with Crippen LogP contribution in [0.4, 0.5) is 0 Å². The van der Waals surface area contributed by atoms with Gasteiger partial charge in [-0.15, -0.1) is 0 Å². The summed E-state index contributed by atoms with van der Waals surface area (Å²) >= 11 is 0. The van der Waals surface area contributed by atoms with E-state index in [2.05, 4.69) is 38.1 Å². The number of likely N-dealkylation sites (tertiary alicyclic amines) is 1. The molecule has 1 aromatic carbocycles. The number of rotatable bonds is 4. The molecule has 3 aromatic heterocycles. The Kier molecular flexibility index (Phi) is 4.83. The smallest absolute Gasteiger partial charge is 0.253 e. The maximum absolute atomic E-state index is 12.7. The average Bonchev–Trinajstić information content (AvgIpc) is 3.45. The van der Waals surface area contributed by atoms with Gasteiger partial charge in [0.1, 0.15) is 0 Å². The Morgan fingerprint density at radius 2 is 1.93 bits per heavy atom. The van der Waals surface area contributed by atoms with Crippen molar-refractivity contribution in [3.05, 3.63) is 72.3 Å². The van der Waals surface area contributed by atoms with Crippen molar-refractivity contribution in [2.75, 3.05) is 13.1 Å². The molecule has 4 heterocycles. The van der Waals surface area contributed by atoms with Crippen LogP contribution >= 0.6 is 0 Å². The first-order chi connectivity index (χ1) is 14.7. The summed E-state index contributed by atoms with van der Waals surface area (Å²) in [5.41, 5.74) is 5.04. The summed E-state index contributed by atoms with van der Waals surface area (Å²) in [6, 6.07) is 12.1. The normalized spacial score (nSPS) is 15.0. The third-order valence-electron chi connectivity index (χ3n) is 6.11. The van der Waals surface area contributed by atoms with Crippen LogP contribution in [0.5, 0.6) is 0 Å². The number of aromatic amines is 1. The molecule has 1 amide bonds. The van der Waals surface area contributed by atoms with Gasteiger partial charge in [-0.05, 0) is 49.9 Å². The van der Waals surface area contributed by atoms with Crippen LogP contribution in [0.1, 0.15) is 28.8 Å². The fourth-order valence-corrected chi connectivity index (χ4v) is 4.27. The van der Waals surface area contributed by atoms with Gasteiger partial charge in [-0.25, -0.2) is 0 Å². The average molecular weight is 399 g/mol. The fraction of sp³-hybridized carbons (Fsp3) is 0.292. The van der Waals surface area contributed by atoms with E-state index >= 15 is 0 Å². The van der Waals surface area contributed by atoms with Crippen molar-refractivity contribution in [2.45, 2.75) is 26.3 Å². The van der Waals surface area contributed by atoms with Gasteiger partial charge in [0.2, 0.25) is 0 Å². The number of hydrogen-bond donors (Lipinski definition) is 1. The minimum Gasteiger partial charge on any atom is -0.346 e. The number of benzene rings is 1. The zero-order valence-electron chi connectivity index (χ0n) is 17.1. The van der Waals surface area contributed by atoms with Crippen molar-refractivity contribution in [1.29, 1.82) is 0 Å². The number of fused-ring (bicyclic) bond motifs is 1. The van der Waals surface area contributed by atoms with Gasteiger partial charge in [0.25, 0.3) is 5.91 Å². The van der Waals surface area contributed by atoms with Crippen LogP contribution in [-0.2, 0) is 6.54 Å². The quantitative estimate of drug-likeness (QED) is 0.557. The van der Waals surface area contributed by atoms with E-state index < -0.39 is 0 Å². The molecule has 152 valence electrons. The molecule has 0 spiro atoms. The predicted molar refractivity (Wildman–Crippen MR) is 117 cm³/mol. The first-order valence-corrected chi connectivity index (χ1v) is 10.5. The lowest BCUT2D eigenvalue weighted by Gasteiger charge is -2.32. The molecule has 0 saturated carbocycles. The van der Waals surface area contributed by atoms with E-state index in [1.165, 1.54) is 10.9 Å². The molecule has 0 aliphatic carbocycles. The van der Waals surface area contributed by atoms with E-state index in [1.807, 2.05) is 48.5 Å². The molecule has 0 atom stereocenters. The summed E-state index contributed by atoms with van der Waals surface area (Å²) in [6.45, 7) is 4.64. The standard InChI is InChI=1S/C24H25N5O/c1-17-2-4-19(5-3-17)24(30)28-9-6-18(7-10-28)16-29-11-8-20-12-22(25-15-23(20)29)21-13-26-27-14-21/h2-5,8,11-15,18H,6-7,9-10,16H2,1H3,(H,26,27). The molecule has 4 aromatic rings. The van der Waals surface area contributed by atoms with Gasteiger partial charge in [0.05, 0.1) is 23.6 Å². The van der Waals surface area contributed by atoms with E-state index in [9.17, 15) is 4.79 Å². The Labute approximate surface area is 175 Å². The number of aryl methyl sites for hydroxylation is 1. The number of pyridine rings is 1. The number of carbonyl (C=O) groups excluding carboxylic acids is 1. The highest BCUT2D eigenvalue weighted by molar-refractivity contribution is 5.94. The maximum Gasteiger partial charge on any atom is 0.253 e. The molecule has 1 aliphatic rings. The highest BCUT2D eigenvalue weighted by Gasteiger charge is 2.24. The third kappa shape index (κ3) is 3.61. The molecule has 1 aliphatic heterocycles. The van der Waals surface area contributed by atoms with E-state index in [0.29, 0.717) is 5.92 Å². The van der Waals surface area contributed by atoms with Gasteiger partial charge in [-0.1, -0.05) is 17.7 Å². The number of hydrogen-bond acceptors (Lipinski definition) is 3. The van der Waals surface area contributed by atoms with Crippen LogP contribution < -0.4 is 0 Å². The predicted octanol–water partition coefficient (Wildman–Crippen LogP) is 4.29. The van der Waals surface area contributed by atoms with E-state index in [0.717, 1.165) is 54.8 Å². The molecule has 6 nitrogen and oxygen atoms in total. The van der Waals surface area contributed by atoms with Gasteiger partial charge in [0, 0.05) is 48.5 Å². The molecule has 0 unspecified atom stereocenters. The lowest BCUT2D eigenvalue weighted by Crippen LogP contribution is -2.39. The molecule has 0 bridgehead atoms. The number of aromatic nitrogens is 4. The van der Waals surface area contributed by atoms with Crippen LogP contribution in [0.15, 0.2) is 61.2 Å². The van der Waals surface area contributed by atoms with Crippen LogP contribution in [0.2, 0.25) is 0 Å². The van der Waals surface area contributed by atoms with E-state index in [-0.39, 0.29) is 5.91 Å². The highest BCUT2D eigenvalue weighted by atomic mass is 16.2. The first-order valence-electron chi connectivity index (χ1n) is 10.5. The number of amides is 1. The van der Waals surface area contributed by atoms with Crippen molar-refractivity contribution in [3.8, 4) is 11.3 Å². The summed E-state index contributed by atoms with van der Waals surface area (Å²) in [7, 11) is 0. The number of H-pyrrole nitrogens is 1. The molecule has 5 rings (SSSR count). The summed E-state index contributed by atoms with van der Waals surface area (Å²) < 4.78 is 2.30. The Morgan fingerprint density at radius 3 is 2.67 bits per heavy atom. The molecular weight excluding hydrogens is 374 g/mol. The van der Waals surface area contributed by atoms with Gasteiger partial charge in [0.15, 0.2) is 0 Å². The van der Waals surface area contributed by atoms with Crippen molar-refractivity contribution in [1.82, 2.24) is 24.6 Å². The Bertz CT molecular complexity index is 1150. The van der Waals surface area contributed by atoms with Crippen LogP contribution in [0.25, 0.3) is 22.2 Å². The zero-order chi connectivity index (χ0) is 20.5. The van der Waals surface area contributed by atoms with Gasteiger partial charge in [-0.3, -0.25) is 14.9 Å². The summed E-state index contributed by atoms with van der Waals surface area (Å²) in [4.78, 5) is 19.4. The van der Waals surface area contributed by atoms with Gasteiger partial charge in [-0.2, -0.15) is 5.10 Å². The highest BCUT2D eigenvalue weighted by Crippen LogP contribution is 2.26. The Morgan fingerprint density at radius 1 is 1.13 bits per heavy atom. The molecule has 0 radical (unpaired) electrons. The van der Waals surface area contributed by atoms with E-state index in [4.69, 9.17) is 0 Å². The number of nitrogens with zero attached hydrogens (tertiary/aromatic N) is 4. The first kappa shape index (κ1) is 18.6. The topological polar surface area (TPSA) is 66.8 Å². The number of piperidine rings is 1. The Balaban J connectivity index is 1.24. The minimum atomic E-state index is 0.149. The van der Waals surface area contributed by atoms with Crippen molar-refractivity contribution in [2.24, 2.45) is 5.92 Å². The molecule has 1 saturated heterocycles.